The van der Waals surface area contributed by atoms with Crippen LogP contribution in [0.1, 0.15) is 24.3 Å². The third-order valence-electron chi connectivity index (χ3n) is 2.90. The van der Waals surface area contributed by atoms with Crippen molar-refractivity contribution >= 4 is 15.9 Å². The van der Waals surface area contributed by atoms with E-state index in [4.69, 9.17) is 4.74 Å². The van der Waals surface area contributed by atoms with Gasteiger partial charge in [0, 0.05) is 5.33 Å². The molecule has 1 fully saturated rings. The molecule has 0 saturated heterocycles. The molecule has 1 atom stereocenters. The van der Waals surface area contributed by atoms with Crippen molar-refractivity contribution < 1.29 is 4.74 Å². The van der Waals surface area contributed by atoms with Gasteiger partial charge < -0.3 is 4.74 Å². The summed E-state index contributed by atoms with van der Waals surface area (Å²) >= 11 is 3.60. The Morgan fingerprint density at radius 2 is 2.00 bits per heavy atom. The lowest BCUT2D eigenvalue weighted by molar-refractivity contribution is 0.414. The molecule has 76 valence electrons. The molecular formula is C12H15BrO. The zero-order valence-corrected chi connectivity index (χ0v) is 9.96. The first-order valence-corrected chi connectivity index (χ1v) is 6.17. The van der Waals surface area contributed by atoms with Gasteiger partial charge in [0.05, 0.1) is 7.11 Å². The van der Waals surface area contributed by atoms with E-state index in [2.05, 4.69) is 28.1 Å². The number of hydrogen-bond donors (Lipinski definition) is 0. The van der Waals surface area contributed by atoms with Crippen molar-refractivity contribution in [3.8, 4) is 5.75 Å². The second-order valence-electron chi connectivity index (χ2n) is 3.87. The Hall–Kier alpha value is -0.500. The summed E-state index contributed by atoms with van der Waals surface area (Å²) in [6, 6.07) is 8.47. The van der Waals surface area contributed by atoms with E-state index in [0.29, 0.717) is 5.92 Å². The van der Waals surface area contributed by atoms with Gasteiger partial charge in [0.25, 0.3) is 0 Å². The van der Waals surface area contributed by atoms with Crippen LogP contribution in [0.15, 0.2) is 24.3 Å². The van der Waals surface area contributed by atoms with E-state index in [9.17, 15) is 0 Å². The molecule has 0 aliphatic heterocycles. The number of hydrogen-bond acceptors (Lipinski definition) is 1. The molecule has 1 unspecified atom stereocenters. The molecule has 1 aromatic carbocycles. The highest BCUT2D eigenvalue weighted by Crippen LogP contribution is 2.43. The van der Waals surface area contributed by atoms with E-state index in [1.54, 1.807) is 7.11 Å². The molecule has 14 heavy (non-hydrogen) atoms. The highest BCUT2D eigenvalue weighted by Gasteiger charge is 2.31. The van der Waals surface area contributed by atoms with Crippen molar-refractivity contribution in [2.24, 2.45) is 5.92 Å². The topological polar surface area (TPSA) is 9.23 Å². The highest BCUT2D eigenvalue weighted by molar-refractivity contribution is 9.09. The van der Waals surface area contributed by atoms with Gasteiger partial charge >= 0.3 is 0 Å². The van der Waals surface area contributed by atoms with Crippen LogP contribution < -0.4 is 4.74 Å². The van der Waals surface area contributed by atoms with Crippen molar-refractivity contribution in [3.63, 3.8) is 0 Å². The summed E-state index contributed by atoms with van der Waals surface area (Å²) in [4.78, 5) is 0. The fourth-order valence-corrected chi connectivity index (χ4v) is 2.74. The maximum Gasteiger partial charge on any atom is 0.118 e. The van der Waals surface area contributed by atoms with Gasteiger partial charge in [0.1, 0.15) is 5.75 Å². The normalized spacial score (nSPS) is 17.9. The molecule has 1 saturated carbocycles. The molecule has 2 heteroatoms. The summed E-state index contributed by atoms with van der Waals surface area (Å²) in [6.07, 6.45) is 2.78. The molecule has 1 nitrogen and oxygen atoms in total. The molecule has 0 bridgehead atoms. The first-order chi connectivity index (χ1) is 6.85. The number of ether oxygens (including phenoxy) is 1. The van der Waals surface area contributed by atoms with E-state index in [-0.39, 0.29) is 0 Å². The van der Waals surface area contributed by atoms with Crippen LogP contribution in [-0.4, -0.2) is 12.4 Å². The predicted molar refractivity (Wildman–Crippen MR) is 62.3 cm³/mol. The molecule has 2 rings (SSSR count). The standard InChI is InChI=1S/C12H15BrO/c1-14-11-6-4-10(5-7-11)12(8-13)9-2-3-9/h4-7,9,12H,2-3,8H2,1H3. The molecule has 0 heterocycles. The van der Waals surface area contributed by atoms with Crippen molar-refractivity contribution in [2.45, 2.75) is 18.8 Å². The summed E-state index contributed by atoms with van der Waals surface area (Å²) in [7, 11) is 1.71. The van der Waals surface area contributed by atoms with E-state index in [1.165, 1.54) is 18.4 Å². The van der Waals surface area contributed by atoms with Gasteiger partial charge in [-0.2, -0.15) is 0 Å². The lowest BCUT2D eigenvalue weighted by Gasteiger charge is -2.13. The monoisotopic (exact) mass is 254 g/mol. The Kier molecular flexibility index (Phi) is 3.12. The molecule has 0 amide bonds. The summed E-state index contributed by atoms with van der Waals surface area (Å²) < 4.78 is 5.15. The van der Waals surface area contributed by atoms with Crippen molar-refractivity contribution in [1.29, 1.82) is 0 Å². The fourth-order valence-electron chi connectivity index (χ4n) is 1.84. The van der Waals surface area contributed by atoms with Gasteiger partial charge in [-0.15, -0.1) is 0 Å². The minimum atomic E-state index is 0.695. The SMILES string of the molecule is COc1ccc(C(CBr)C2CC2)cc1. The van der Waals surface area contributed by atoms with Gasteiger partial charge in [-0.25, -0.2) is 0 Å². The lowest BCUT2D eigenvalue weighted by Crippen LogP contribution is -2.02. The number of benzene rings is 1. The summed E-state index contributed by atoms with van der Waals surface area (Å²) in [5.41, 5.74) is 1.44. The number of alkyl halides is 1. The van der Waals surface area contributed by atoms with Crippen LogP contribution in [0.5, 0.6) is 5.75 Å². The molecule has 1 aliphatic rings. The van der Waals surface area contributed by atoms with E-state index in [1.807, 2.05) is 12.1 Å². The molecular weight excluding hydrogens is 240 g/mol. The smallest absolute Gasteiger partial charge is 0.118 e. The highest BCUT2D eigenvalue weighted by atomic mass is 79.9. The van der Waals surface area contributed by atoms with Crippen LogP contribution in [0, 0.1) is 5.92 Å². The zero-order chi connectivity index (χ0) is 9.97. The Bertz CT molecular complexity index is 290. The molecule has 1 aliphatic carbocycles. The largest absolute Gasteiger partial charge is 0.497 e. The predicted octanol–water partition coefficient (Wildman–Crippen LogP) is 3.58. The Balaban J connectivity index is 2.13. The number of halogens is 1. The molecule has 0 aromatic heterocycles. The molecule has 0 N–H and O–H groups in total. The van der Waals surface area contributed by atoms with Crippen molar-refractivity contribution in [2.75, 3.05) is 12.4 Å². The fraction of sp³-hybridized carbons (Fsp3) is 0.500. The summed E-state index contributed by atoms with van der Waals surface area (Å²) in [6.45, 7) is 0. The van der Waals surface area contributed by atoms with Crippen molar-refractivity contribution in [1.82, 2.24) is 0 Å². The first-order valence-electron chi connectivity index (χ1n) is 5.05. The minimum Gasteiger partial charge on any atom is -0.497 e. The first kappa shape index (κ1) is 10.0. The van der Waals surface area contributed by atoms with Gasteiger partial charge in [-0.1, -0.05) is 28.1 Å². The lowest BCUT2D eigenvalue weighted by atomic mass is 9.96. The molecule has 1 aromatic rings. The van der Waals surface area contributed by atoms with E-state index in [0.717, 1.165) is 17.0 Å². The average molecular weight is 255 g/mol. The summed E-state index contributed by atoms with van der Waals surface area (Å²) in [5, 5.41) is 1.07. The maximum absolute atomic E-state index is 5.15. The third-order valence-corrected chi connectivity index (χ3v) is 3.60. The Labute approximate surface area is 93.6 Å². The van der Waals surface area contributed by atoms with E-state index < -0.39 is 0 Å². The third kappa shape index (κ3) is 2.11. The van der Waals surface area contributed by atoms with Gasteiger partial charge in [-0.3, -0.25) is 0 Å². The number of rotatable bonds is 4. The molecule has 0 spiro atoms. The van der Waals surface area contributed by atoms with E-state index >= 15 is 0 Å². The zero-order valence-electron chi connectivity index (χ0n) is 8.37. The minimum absolute atomic E-state index is 0.695. The van der Waals surface area contributed by atoms with Gasteiger partial charge in [-0.05, 0) is 42.4 Å². The van der Waals surface area contributed by atoms with Crippen LogP contribution in [0.3, 0.4) is 0 Å². The Morgan fingerprint density at radius 1 is 1.36 bits per heavy atom. The maximum atomic E-state index is 5.15. The van der Waals surface area contributed by atoms with Crippen molar-refractivity contribution in [3.05, 3.63) is 29.8 Å². The van der Waals surface area contributed by atoms with Crippen LogP contribution in [0.2, 0.25) is 0 Å². The molecule has 0 radical (unpaired) electrons. The average Bonchev–Trinajstić information content (AvgIpc) is 3.04. The number of methoxy groups -OCH3 is 1. The quantitative estimate of drug-likeness (QED) is 0.747. The summed E-state index contributed by atoms with van der Waals surface area (Å²) in [5.74, 6) is 2.54. The second kappa shape index (κ2) is 4.35. The van der Waals surface area contributed by atoms with Crippen LogP contribution in [0.4, 0.5) is 0 Å². The van der Waals surface area contributed by atoms with Gasteiger partial charge in [0.2, 0.25) is 0 Å². The van der Waals surface area contributed by atoms with Crippen LogP contribution >= 0.6 is 15.9 Å². The van der Waals surface area contributed by atoms with Gasteiger partial charge in [0.15, 0.2) is 0 Å². The van der Waals surface area contributed by atoms with Crippen LogP contribution in [-0.2, 0) is 0 Å². The van der Waals surface area contributed by atoms with Crippen LogP contribution in [0.25, 0.3) is 0 Å². The Morgan fingerprint density at radius 3 is 2.43 bits per heavy atom. The second-order valence-corrected chi connectivity index (χ2v) is 4.52.